The van der Waals surface area contributed by atoms with Crippen molar-refractivity contribution in [3.63, 3.8) is 0 Å². The number of ether oxygens (including phenoxy) is 1. The van der Waals surface area contributed by atoms with Crippen molar-refractivity contribution in [2.75, 3.05) is 18.2 Å². The van der Waals surface area contributed by atoms with Crippen LogP contribution in [0.5, 0.6) is 5.75 Å². The third-order valence-corrected chi connectivity index (χ3v) is 5.36. The zero-order valence-corrected chi connectivity index (χ0v) is 16.1. The Morgan fingerprint density at radius 2 is 2.04 bits per heavy atom. The number of aromatic nitrogens is 4. The molecule has 0 spiro atoms. The first-order chi connectivity index (χ1) is 13.5. The van der Waals surface area contributed by atoms with Crippen molar-refractivity contribution in [1.82, 2.24) is 19.5 Å². The van der Waals surface area contributed by atoms with E-state index in [-0.39, 0.29) is 17.9 Å². The van der Waals surface area contributed by atoms with Gasteiger partial charge in [-0.15, -0.1) is 0 Å². The number of nitrogens with two attached hydrogens (primary N) is 1. The van der Waals surface area contributed by atoms with Crippen LogP contribution >= 0.6 is 0 Å². The lowest BCUT2D eigenvalue weighted by Crippen LogP contribution is -2.28. The SMILES string of the molecule is COc1cccc(NC(=O)C2CCC(n3cnc4c(N)nc(C)nc43)CC2)c1. The second-order valence-electron chi connectivity index (χ2n) is 7.21. The number of carbonyl (C=O) groups is 1. The lowest BCUT2D eigenvalue weighted by Gasteiger charge is -2.28. The van der Waals surface area contributed by atoms with Crippen molar-refractivity contribution in [3.05, 3.63) is 36.4 Å². The number of anilines is 2. The number of hydrogen-bond donors (Lipinski definition) is 2. The van der Waals surface area contributed by atoms with Gasteiger partial charge in [-0.1, -0.05) is 6.07 Å². The molecular formula is C20H24N6O2. The number of rotatable bonds is 4. The molecule has 0 saturated heterocycles. The van der Waals surface area contributed by atoms with E-state index >= 15 is 0 Å². The van der Waals surface area contributed by atoms with Crippen LogP contribution in [0.25, 0.3) is 11.2 Å². The van der Waals surface area contributed by atoms with Gasteiger partial charge >= 0.3 is 0 Å². The summed E-state index contributed by atoms with van der Waals surface area (Å²) >= 11 is 0. The highest BCUT2D eigenvalue weighted by Gasteiger charge is 2.28. The number of amides is 1. The monoisotopic (exact) mass is 380 g/mol. The Bertz CT molecular complexity index is 1010. The van der Waals surface area contributed by atoms with E-state index in [9.17, 15) is 4.79 Å². The van der Waals surface area contributed by atoms with E-state index in [1.165, 1.54) is 0 Å². The van der Waals surface area contributed by atoms with Crippen LogP contribution in [0.2, 0.25) is 0 Å². The van der Waals surface area contributed by atoms with Gasteiger partial charge in [-0.05, 0) is 44.7 Å². The van der Waals surface area contributed by atoms with E-state index < -0.39 is 0 Å². The second kappa shape index (κ2) is 7.46. The molecule has 2 heterocycles. The number of nitrogens with zero attached hydrogens (tertiary/aromatic N) is 4. The molecule has 0 radical (unpaired) electrons. The van der Waals surface area contributed by atoms with Crippen LogP contribution in [-0.2, 0) is 4.79 Å². The van der Waals surface area contributed by atoms with E-state index in [2.05, 4.69) is 24.8 Å². The minimum Gasteiger partial charge on any atom is -0.497 e. The lowest BCUT2D eigenvalue weighted by atomic mass is 9.85. The molecule has 8 nitrogen and oxygen atoms in total. The highest BCUT2D eigenvalue weighted by Crippen LogP contribution is 2.35. The number of methoxy groups -OCH3 is 1. The van der Waals surface area contributed by atoms with Gasteiger partial charge in [0.2, 0.25) is 5.91 Å². The molecule has 3 N–H and O–H groups in total. The summed E-state index contributed by atoms with van der Waals surface area (Å²) in [6.45, 7) is 1.83. The molecule has 8 heteroatoms. The molecule has 0 aliphatic heterocycles. The lowest BCUT2D eigenvalue weighted by molar-refractivity contribution is -0.120. The van der Waals surface area contributed by atoms with Gasteiger partial charge in [0.1, 0.15) is 17.1 Å². The molecule has 1 aliphatic carbocycles. The third-order valence-electron chi connectivity index (χ3n) is 5.36. The highest BCUT2D eigenvalue weighted by atomic mass is 16.5. The molecule has 1 aliphatic rings. The zero-order valence-electron chi connectivity index (χ0n) is 16.1. The van der Waals surface area contributed by atoms with Crippen LogP contribution in [0.15, 0.2) is 30.6 Å². The van der Waals surface area contributed by atoms with Gasteiger partial charge in [0.25, 0.3) is 0 Å². The Labute approximate surface area is 163 Å². The van der Waals surface area contributed by atoms with Gasteiger partial charge in [-0.2, -0.15) is 0 Å². The maximum Gasteiger partial charge on any atom is 0.227 e. The van der Waals surface area contributed by atoms with Crippen LogP contribution in [0.3, 0.4) is 0 Å². The van der Waals surface area contributed by atoms with Crippen LogP contribution in [-0.4, -0.2) is 32.5 Å². The van der Waals surface area contributed by atoms with Crippen LogP contribution in [0.1, 0.15) is 37.5 Å². The smallest absolute Gasteiger partial charge is 0.227 e. The summed E-state index contributed by atoms with van der Waals surface area (Å²) < 4.78 is 7.29. The Balaban J connectivity index is 1.42. The molecule has 146 valence electrons. The van der Waals surface area contributed by atoms with Crippen molar-refractivity contribution in [3.8, 4) is 5.75 Å². The average molecular weight is 380 g/mol. The summed E-state index contributed by atoms with van der Waals surface area (Å²) in [5.41, 5.74) is 8.14. The van der Waals surface area contributed by atoms with Gasteiger partial charge in [0.15, 0.2) is 11.5 Å². The van der Waals surface area contributed by atoms with Gasteiger partial charge < -0.3 is 20.4 Å². The van der Waals surface area contributed by atoms with Gasteiger partial charge in [0, 0.05) is 23.7 Å². The molecule has 28 heavy (non-hydrogen) atoms. The number of imidazole rings is 1. The zero-order chi connectivity index (χ0) is 19.7. The van der Waals surface area contributed by atoms with Crippen LogP contribution < -0.4 is 15.8 Å². The van der Waals surface area contributed by atoms with Crippen molar-refractivity contribution >= 4 is 28.6 Å². The molecule has 4 rings (SSSR count). The van der Waals surface area contributed by atoms with Gasteiger partial charge in [-0.25, -0.2) is 15.0 Å². The maximum absolute atomic E-state index is 12.7. The molecular weight excluding hydrogens is 356 g/mol. The number of fused-ring (bicyclic) bond motifs is 1. The number of aryl methyl sites for hydroxylation is 1. The fraction of sp³-hybridized carbons (Fsp3) is 0.400. The summed E-state index contributed by atoms with van der Waals surface area (Å²) in [6.07, 6.45) is 5.21. The summed E-state index contributed by atoms with van der Waals surface area (Å²) in [4.78, 5) is 25.7. The van der Waals surface area contributed by atoms with Gasteiger partial charge in [-0.3, -0.25) is 4.79 Å². The minimum absolute atomic E-state index is 0.00123. The third kappa shape index (κ3) is 3.49. The summed E-state index contributed by atoms with van der Waals surface area (Å²) in [6, 6.07) is 7.68. The number of nitrogen functional groups attached to an aromatic ring is 1. The second-order valence-corrected chi connectivity index (χ2v) is 7.21. The quantitative estimate of drug-likeness (QED) is 0.720. The average Bonchev–Trinajstić information content (AvgIpc) is 3.12. The van der Waals surface area contributed by atoms with Crippen LogP contribution in [0.4, 0.5) is 11.5 Å². The summed E-state index contributed by atoms with van der Waals surface area (Å²) in [7, 11) is 1.61. The highest BCUT2D eigenvalue weighted by molar-refractivity contribution is 5.92. The predicted octanol–water partition coefficient (Wildman–Crippen LogP) is 3.10. The summed E-state index contributed by atoms with van der Waals surface area (Å²) in [5, 5.41) is 3.01. The molecule has 3 aromatic rings. The molecule has 1 fully saturated rings. The molecule has 0 atom stereocenters. The molecule has 2 aromatic heterocycles. The van der Waals surface area contributed by atoms with Crippen molar-refractivity contribution in [2.45, 2.75) is 38.6 Å². The van der Waals surface area contributed by atoms with E-state index in [0.717, 1.165) is 42.8 Å². The molecule has 1 saturated carbocycles. The molecule has 0 bridgehead atoms. The number of carbonyl (C=O) groups excluding carboxylic acids is 1. The van der Waals surface area contributed by atoms with E-state index in [1.807, 2.05) is 31.2 Å². The van der Waals surface area contributed by atoms with Crippen molar-refractivity contribution < 1.29 is 9.53 Å². The largest absolute Gasteiger partial charge is 0.497 e. The maximum atomic E-state index is 12.7. The van der Waals surface area contributed by atoms with Gasteiger partial charge in [0.05, 0.1) is 13.4 Å². The molecule has 1 amide bonds. The van der Waals surface area contributed by atoms with Crippen molar-refractivity contribution in [1.29, 1.82) is 0 Å². The van der Waals surface area contributed by atoms with E-state index in [4.69, 9.17) is 10.5 Å². The normalized spacial score (nSPS) is 19.5. The fourth-order valence-corrected chi connectivity index (χ4v) is 3.88. The Hall–Kier alpha value is -3.16. The Kier molecular flexibility index (Phi) is 4.85. The summed E-state index contributed by atoms with van der Waals surface area (Å²) in [5.74, 6) is 1.83. The minimum atomic E-state index is -0.00123. The Morgan fingerprint density at radius 1 is 1.25 bits per heavy atom. The predicted molar refractivity (Wildman–Crippen MR) is 107 cm³/mol. The molecule has 0 unspecified atom stereocenters. The standard InChI is InChI=1S/C20H24N6O2/c1-12-23-18(21)17-19(24-12)26(11-22-17)15-8-6-13(7-9-15)20(27)25-14-4-3-5-16(10-14)28-2/h3-5,10-11,13,15H,6-9H2,1-2H3,(H,25,27)(H2,21,23,24). The van der Waals surface area contributed by atoms with E-state index in [1.54, 1.807) is 13.4 Å². The first kappa shape index (κ1) is 18.2. The molecule has 1 aromatic carbocycles. The first-order valence-corrected chi connectivity index (χ1v) is 9.46. The van der Waals surface area contributed by atoms with Crippen LogP contribution in [0, 0.1) is 12.8 Å². The number of nitrogens with one attached hydrogen (secondary N) is 1. The number of benzene rings is 1. The first-order valence-electron chi connectivity index (χ1n) is 9.46. The van der Waals surface area contributed by atoms with Crippen molar-refractivity contribution in [2.24, 2.45) is 5.92 Å². The fourth-order valence-electron chi connectivity index (χ4n) is 3.88. The number of hydrogen-bond acceptors (Lipinski definition) is 6. The topological polar surface area (TPSA) is 108 Å². The Morgan fingerprint density at radius 3 is 2.79 bits per heavy atom. The van der Waals surface area contributed by atoms with E-state index in [0.29, 0.717) is 17.2 Å².